The van der Waals surface area contributed by atoms with Crippen LogP contribution in [0.1, 0.15) is 5.56 Å². The van der Waals surface area contributed by atoms with Gasteiger partial charge in [0.25, 0.3) is 0 Å². The SMILES string of the molecule is COc1ccc(COC/C=C(\C#N)CO)cc1. The first kappa shape index (κ1) is 13.2. The lowest BCUT2D eigenvalue weighted by atomic mass is 10.2. The van der Waals surface area contributed by atoms with Crippen LogP contribution >= 0.6 is 0 Å². The Kier molecular flexibility index (Phi) is 5.80. The lowest BCUT2D eigenvalue weighted by Crippen LogP contribution is -1.95. The molecular formula is C13H15NO3. The van der Waals surface area contributed by atoms with Gasteiger partial charge in [-0.15, -0.1) is 0 Å². The molecular weight excluding hydrogens is 218 g/mol. The summed E-state index contributed by atoms with van der Waals surface area (Å²) >= 11 is 0. The summed E-state index contributed by atoms with van der Waals surface area (Å²) in [7, 11) is 1.62. The Morgan fingerprint density at radius 3 is 2.65 bits per heavy atom. The molecule has 0 atom stereocenters. The third kappa shape index (κ3) is 4.68. The maximum atomic E-state index is 8.74. The highest BCUT2D eigenvalue weighted by atomic mass is 16.5. The second-order valence-corrected chi connectivity index (χ2v) is 3.36. The molecule has 0 spiro atoms. The predicted molar refractivity (Wildman–Crippen MR) is 63.4 cm³/mol. The number of hydrogen-bond acceptors (Lipinski definition) is 4. The largest absolute Gasteiger partial charge is 0.497 e. The molecule has 0 heterocycles. The van der Waals surface area contributed by atoms with Crippen molar-refractivity contribution in [3.8, 4) is 11.8 Å². The van der Waals surface area contributed by atoms with E-state index in [2.05, 4.69) is 0 Å². The van der Waals surface area contributed by atoms with Gasteiger partial charge in [-0.2, -0.15) is 5.26 Å². The summed E-state index contributed by atoms with van der Waals surface area (Å²) in [5.74, 6) is 0.806. The van der Waals surface area contributed by atoms with Crippen molar-refractivity contribution < 1.29 is 14.6 Å². The van der Waals surface area contributed by atoms with Crippen molar-refractivity contribution in [1.82, 2.24) is 0 Å². The van der Waals surface area contributed by atoms with E-state index in [1.807, 2.05) is 30.3 Å². The van der Waals surface area contributed by atoms with E-state index < -0.39 is 0 Å². The average molecular weight is 233 g/mol. The van der Waals surface area contributed by atoms with Gasteiger partial charge >= 0.3 is 0 Å². The van der Waals surface area contributed by atoms with E-state index in [9.17, 15) is 0 Å². The predicted octanol–water partition coefficient (Wildman–Crippen LogP) is 1.65. The number of hydrogen-bond donors (Lipinski definition) is 1. The van der Waals surface area contributed by atoms with E-state index in [1.54, 1.807) is 13.2 Å². The second-order valence-electron chi connectivity index (χ2n) is 3.36. The Morgan fingerprint density at radius 1 is 1.41 bits per heavy atom. The van der Waals surface area contributed by atoms with E-state index in [1.165, 1.54) is 0 Å². The summed E-state index contributed by atoms with van der Waals surface area (Å²) in [6.45, 7) is 0.530. The highest BCUT2D eigenvalue weighted by molar-refractivity contribution is 5.26. The van der Waals surface area contributed by atoms with Gasteiger partial charge in [0.05, 0.1) is 38.6 Å². The minimum absolute atomic E-state index is 0.248. The van der Waals surface area contributed by atoms with Crippen molar-refractivity contribution in [3.63, 3.8) is 0 Å². The smallest absolute Gasteiger partial charge is 0.118 e. The second kappa shape index (κ2) is 7.44. The Balaban J connectivity index is 2.36. The molecule has 0 aliphatic heterocycles. The minimum atomic E-state index is -0.248. The first-order valence-electron chi connectivity index (χ1n) is 5.20. The minimum Gasteiger partial charge on any atom is -0.497 e. The van der Waals surface area contributed by atoms with Gasteiger partial charge in [0.2, 0.25) is 0 Å². The third-order valence-electron chi connectivity index (χ3n) is 2.19. The van der Waals surface area contributed by atoms with Gasteiger partial charge in [-0.3, -0.25) is 0 Å². The third-order valence-corrected chi connectivity index (χ3v) is 2.19. The molecule has 0 fully saturated rings. The Hall–Kier alpha value is -1.83. The molecule has 0 aliphatic rings. The molecule has 0 saturated carbocycles. The lowest BCUT2D eigenvalue weighted by Gasteiger charge is -2.03. The van der Waals surface area contributed by atoms with Crippen LogP contribution in [0.15, 0.2) is 35.9 Å². The molecule has 90 valence electrons. The maximum absolute atomic E-state index is 8.74. The van der Waals surface area contributed by atoms with E-state index in [4.69, 9.17) is 19.8 Å². The highest BCUT2D eigenvalue weighted by Gasteiger charge is 1.95. The van der Waals surface area contributed by atoms with Crippen LogP contribution in [0, 0.1) is 11.3 Å². The number of aliphatic hydroxyl groups excluding tert-OH is 1. The summed E-state index contributed by atoms with van der Waals surface area (Å²) in [6, 6.07) is 9.44. The number of methoxy groups -OCH3 is 1. The quantitative estimate of drug-likeness (QED) is 0.599. The number of benzene rings is 1. The standard InChI is InChI=1S/C13H15NO3/c1-16-13-4-2-11(3-5-13)10-17-7-6-12(8-14)9-15/h2-6,15H,7,9-10H2,1H3/b12-6+. The molecule has 0 aromatic heterocycles. The van der Waals surface area contributed by atoms with Gasteiger partial charge in [-0.05, 0) is 23.8 Å². The molecule has 0 amide bonds. The number of nitriles is 1. The van der Waals surface area contributed by atoms with Crippen molar-refractivity contribution in [2.24, 2.45) is 0 Å². The molecule has 1 N–H and O–H groups in total. The lowest BCUT2D eigenvalue weighted by molar-refractivity contribution is 0.148. The zero-order valence-electron chi connectivity index (χ0n) is 9.72. The van der Waals surface area contributed by atoms with Gasteiger partial charge in [0.1, 0.15) is 5.75 Å². The van der Waals surface area contributed by atoms with Crippen molar-refractivity contribution in [2.75, 3.05) is 20.3 Å². The number of aliphatic hydroxyl groups is 1. The van der Waals surface area contributed by atoms with E-state index in [0.29, 0.717) is 18.8 Å². The van der Waals surface area contributed by atoms with Crippen LogP contribution in [0.3, 0.4) is 0 Å². The van der Waals surface area contributed by atoms with Crippen LogP contribution in [0.4, 0.5) is 0 Å². The first-order valence-corrected chi connectivity index (χ1v) is 5.20. The van der Waals surface area contributed by atoms with Gasteiger partial charge in [-0.1, -0.05) is 12.1 Å². The van der Waals surface area contributed by atoms with Crippen molar-refractivity contribution in [3.05, 3.63) is 41.5 Å². The van der Waals surface area contributed by atoms with Crippen LogP contribution in [-0.4, -0.2) is 25.4 Å². The number of rotatable bonds is 6. The molecule has 1 aromatic carbocycles. The van der Waals surface area contributed by atoms with Crippen LogP contribution in [-0.2, 0) is 11.3 Å². The Labute approximate surface area is 101 Å². The van der Waals surface area contributed by atoms with Crippen LogP contribution in [0.2, 0.25) is 0 Å². The summed E-state index contributed by atoms with van der Waals surface area (Å²) < 4.78 is 10.4. The van der Waals surface area contributed by atoms with Gasteiger partial charge in [-0.25, -0.2) is 0 Å². The molecule has 4 nitrogen and oxygen atoms in total. The molecule has 0 unspecified atom stereocenters. The summed E-state index contributed by atoms with van der Waals surface area (Å²) in [6.07, 6.45) is 1.57. The highest BCUT2D eigenvalue weighted by Crippen LogP contribution is 2.11. The van der Waals surface area contributed by atoms with E-state index >= 15 is 0 Å². The molecule has 0 saturated heterocycles. The van der Waals surface area contributed by atoms with E-state index in [0.717, 1.165) is 11.3 Å². The monoisotopic (exact) mass is 233 g/mol. The molecule has 17 heavy (non-hydrogen) atoms. The molecule has 0 radical (unpaired) electrons. The molecule has 0 bridgehead atoms. The molecule has 0 aliphatic carbocycles. The first-order chi connectivity index (χ1) is 8.30. The summed E-state index contributed by atoms with van der Waals surface area (Å²) in [5.41, 5.74) is 1.35. The fourth-order valence-corrected chi connectivity index (χ4v) is 1.20. The van der Waals surface area contributed by atoms with E-state index in [-0.39, 0.29) is 6.61 Å². The van der Waals surface area contributed by atoms with Gasteiger partial charge in [0, 0.05) is 0 Å². The maximum Gasteiger partial charge on any atom is 0.118 e. The average Bonchev–Trinajstić information content (AvgIpc) is 2.40. The Bertz CT molecular complexity index is 404. The summed E-state index contributed by atoms with van der Waals surface area (Å²) in [4.78, 5) is 0. The van der Waals surface area contributed by atoms with Crippen LogP contribution in [0.25, 0.3) is 0 Å². The normalized spacial score (nSPS) is 11.0. The zero-order chi connectivity index (χ0) is 12.5. The number of nitrogens with zero attached hydrogens (tertiary/aromatic N) is 1. The van der Waals surface area contributed by atoms with Crippen molar-refractivity contribution in [2.45, 2.75) is 6.61 Å². The fourth-order valence-electron chi connectivity index (χ4n) is 1.20. The van der Waals surface area contributed by atoms with Gasteiger partial charge < -0.3 is 14.6 Å². The zero-order valence-corrected chi connectivity index (χ0v) is 9.72. The van der Waals surface area contributed by atoms with Crippen LogP contribution < -0.4 is 4.74 Å². The van der Waals surface area contributed by atoms with Crippen LogP contribution in [0.5, 0.6) is 5.75 Å². The number of ether oxygens (including phenoxy) is 2. The van der Waals surface area contributed by atoms with Crippen molar-refractivity contribution in [1.29, 1.82) is 5.26 Å². The van der Waals surface area contributed by atoms with Gasteiger partial charge in [0.15, 0.2) is 0 Å². The molecule has 1 aromatic rings. The summed E-state index contributed by atoms with van der Waals surface area (Å²) in [5, 5.41) is 17.3. The molecule has 1 rings (SSSR count). The van der Waals surface area contributed by atoms with Crippen molar-refractivity contribution >= 4 is 0 Å². The molecule has 4 heteroatoms. The Morgan fingerprint density at radius 2 is 2.12 bits per heavy atom. The topological polar surface area (TPSA) is 62.5 Å². The fraction of sp³-hybridized carbons (Fsp3) is 0.308.